The van der Waals surface area contributed by atoms with Crippen LogP contribution in [0, 0.1) is 0 Å². The van der Waals surface area contributed by atoms with E-state index in [0.29, 0.717) is 5.02 Å². The molecule has 0 amide bonds. The van der Waals surface area contributed by atoms with Gasteiger partial charge in [0.2, 0.25) is 0 Å². The van der Waals surface area contributed by atoms with E-state index in [0.717, 1.165) is 16.9 Å². The Morgan fingerprint density at radius 3 is 2.47 bits per heavy atom. The number of allylic oxidation sites excluding steroid dienone is 1. The Balaban J connectivity index is 1.45. The fourth-order valence-electron chi connectivity index (χ4n) is 4.23. The van der Waals surface area contributed by atoms with Crippen molar-refractivity contribution in [2.24, 2.45) is 0 Å². The monoisotopic (exact) mass is 524 g/mol. The summed E-state index contributed by atoms with van der Waals surface area (Å²) >= 11 is 5.92. The second-order valence-electron chi connectivity index (χ2n) is 8.92. The number of ether oxygens (including phenoxy) is 1. The molecule has 0 bridgehead atoms. The number of anilines is 2. The van der Waals surface area contributed by atoms with E-state index in [1.807, 2.05) is 50.1 Å². The van der Waals surface area contributed by atoms with Gasteiger partial charge in [-0.3, -0.25) is 9.52 Å². The topological polar surface area (TPSA) is 92.8 Å². The van der Waals surface area contributed by atoms with Crippen molar-refractivity contribution in [1.29, 1.82) is 0 Å². The van der Waals surface area contributed by atoms with E-state index in [1.165, 1.54) is 36.4 Å². The molecule has 1 heterocycles. The molecule has 1 aliphatic heterocycles. The molecular weight excluding hydrogens is 500 g/mol. The molecule has 1 aliphatic rings. The zero-order chi connectivity index (χ0) is 26.1. The number of halogens is 1. The number of nitrogens with one attached hydrogen (secondary N) is 1. The minimum atomic E-state index is -3.98. The van der Waals surface area contributed by atoms with Gasteiger partial charge in [0.05, 0.1) is 16.1 Å². The van der Waals surface area contributed by atoms with Gasteiger partial charge in [-0.1, -0.05) is 55.8 Å². The number of rotatable bonds is 7. The van der Waals surface area contributed by atoms with Gasteiger partial charge in [0, 0.05) is 34.9 Å². The Morgan fingerprint density at radius 1 is 1.03 bits per heavy atom. The highest BCUT2D eigenvalue weighted by Crippen LogP contribution is 2.46. The lowest BCUT2D eigenvalue weighted by atomic mass is 9.83. The maximum atomic E-state index is 12.8. The zero-order valence-electron chi connectivity index (χ0n) is 20.0. The third kappa shape index (κ3) is 5.15. The molecule has 4 rings (SSSR count). The lowest BCUT2D eigenvalue weighted by Gasteiger charge is -2.23. The molecule has 0 aromatic heterocycles. The van der Waals surface area contributed by atoms with Crippen molar-refractivity contribution in [2.75, 3.05) is 23.3 Å². The van der Waals surface area contributed by atoms with E-state index in [4.69, 9.17) is 16.3 Å². The van der Waals surface area contributed by atoms with E-state index < -0.39 is 22.6 Å². The number of hydrogen-bond acceptors (Lipinski definition) is 6. The molecule has 0 fully saturated rings. The first-order chi connectivity index (χ1) is 17.0. The van der Waals surface area contributed by atoms with Gasteiger partial charge in [-0.2, -0.15) is 0 Å². The van der Waals surface area contributed by atoms with Gasteiger partial charge in [-0.05, 0) is 48.0 Å². The first kappa shape index (κ1) is 25.5. The molecular formula is C27H25ClN2O5S. The van der Waals surface area contributed by atoms with Crippen molar-refractivity contribution in [2.45, 2.75) is 24.2 Å². The van der Waals surface area contributed by atoms with Crippen molar-refractivity contribution in [1.82, 2.24) is 0 Å². The molecule has 1 N–H and O–H groups in total. The molecule has 186 valence electrons. The number of nitrogens with zero attached hydrogens (tertiary/aromatic N) is 1. The van der Waals surface area contributed by atoms with Crippen LogP contribution in [0.2, 0.25) is 5.02 Å². The van der Waals surface area contributed by atoms with Crippen LogP contribution >= 0.6 is 11.6 Å². The molecule has 7 nitrogen and oxygen atoms in total. The molecule has 36 heavy (non-hydrogen) atoms. The molecule has 3 aromatic carbocycles. The molecule has 9 heteroatoms. The van der Waals surface area contributed by atoms with Crippen LogP contribution in [0.5, 0.6) is 0 Å². The summed E-state index contributed by atoms with van der Waals surface area (Å²) in [4.78, 5) is 27.1. The normalized spacial score (nSPS) is 15.4. The van der Waals surface area contributed by atoms with Crippen molar-refractivity contribution < 1.29 is 22.7 Å². The van der Waals surface area contributed by atoms with Gasteiger partial charge < -0.3 is 9.64 Å². The average molecular weight is 525 g/mol. The van der Waals surface area contributed by atoms with E-state index >= 15 is 0 Å². The maximum Gasteiger partial charge on any atom is 0.338 e. The van der Waals surface area contributed by atoms with Gasteiger partial charge in [0.15, 0.2) is 12.4 Å². The smallest absolute Gasteiger partial charge is 0.338 e. The van der Waals surface area contributed by atoms with E-state index in [-0.39, 0.29) is 27.3 Å². The summed E-state index contributed by atoms with van der Waals surface area (Å²) < 4.78 is 33.1. The predicted octanol–water partition coefficient (Wildman–Crippen LogP) is 5.18. The van der Waals surface area contributed by atoms with Crippen LogP contribution in [0.1, 0.15) is 29.8 Å². The summed E-state index contributed by atoms with van der Waals surface area (Å²) in [5.41, 5.74) is 2.83. The van der Waals surface area contributed by atoms with E-state index in [2.05, 4.69) is 4.72 Å². The molecule has 3 aromatic rings. The fraction of sp³-hybridized carbons (Fsp3) is 0.185. The van der Waals surface area contributed by atoms with Crippen molar-refractivity contribution in [3.63, 3.8) is 0 Å². The maximum absolute atomic E-state index is 12.8. The average Bonchev–Trinajstić information content (AvgIpc) is 3.03. The highest BCUT2D eigenvalue weighted by molar-refractivity contribution is 7.92. The summed E-state index contributed by atoms with van der Waals surface area (Å²) in [7, 11) is -2.09. The third-order valence-electron chi connectivity index (χ3n) is 6.04. The van der Waals surface area contributed by atoms with Crippen LogP contribution in [0.4, 0.5) is 11.4 Å². The molecule has 0 radical (unpaired) electrons. The predicted molar refractivity (Wildman–Crippen MR) is 140 cm³/mol. The quantitative estimate of drug-likeness (QED) is 0.338. The Hall–Kier alpha value is -3.62. The van der Waals surface area contributed by atoms with Gasteiger partial charge in [-0.25, -0.2) is 13.2 Å². The first-order valence-electron chi connectivity index (χ1n) is 11.1. The van der Waals surface area contributed by atoms with Crippen LogP contribution in [-0.2, 0) is 25.0 Å². The lowest BCUT2D eigenvalue weighted by Crippen LogP contribution is -2.25. The highest BCUT2D eigenvalue weighted by atomic mass is 35.5. The van der Waals surface area contributed by atoms with E-state index in [1.54, 1.807) is 18.2 Å². The SMILES string of the molecule is CN1C(=CC(=O)COC(=O)c2cccc(S(=O)(=O)Nc3cccc(Cl)c3)c2)C(C)(C)c2ccccc21. The van der Waals surface area contributed by atoms with Crippen molar-refractivity contribution in [3.8, 4) is 0 Å². The van der Waals surface area contributed by atoms with Crippen LogP contribution in [0.25, 0.3) is 0 Å². The Bertz CT molecular complexity index is 1480. The molecule has 0 saturated carbocycles. The number of ketones is 1. The van der Waals surface area contributed by atoms with Crippen molar-refractivity contribution >= 4 is 44.8 Å². The second-order valence-corrected chi connectivity index (χ2v) is 11.0. The van der Waals surface area contributed by atoms with E-state index in [9.17, 15) is 18.0 Å². The Morgan fingerprint density at radius 2 is 1.75 bits per heavy atom. The third-order valence-corrected chi connectivity index (χ3v) is 7.65. The number of fused-ring (bicyclic) bond motifs is 1. The van der Waals surface area contributed by atoms with Gasteiger partial charge in [0.1, 0.15) is 0 Å². The van der Waals surface area contributed by atoms with Gasteiger partial charge in [-0.15, -0.1) is 0 Å². The number of esters is 1. The number of para-hydroxylation sites is 1. The van der Waals surface area contributed by atoms with Gasteiger partial charge >= 0.3 is 5.97 Å². The van der Waals surface area contributed by atoms with Gasteiger partial charge in [0.25, 0.3) is 10.0 Å². The summed E-state index contributed by atoms with van der Waals surface area (Å²) in [6.45, 7) is 3.59. The van der Waals surface area contributed by atoms with Crippen LogP contribution in [0.15, 0.2) is 89.5 Å². The largest absolute Gasteiger partial charge is 0.454 e. The molecule has 0 saturated heterocycles. The fourth-order valence-corrected chi connectivity index (χ4v) is 5.51. The number of benzene rings is 3. The highest BCUT2D eigenvalue weighted by Gasteiger charge is 2.38. The van der Waals surface area contributed by atoms with Crippen LogP contribution < -0.4 is 9.62 Å². The zero-order valence-corrected chi connectivity index (χ0v) is 21.6. The molecule has 0 spiro atoms. The summed E-state index contributed by atoms with van der Waals surface area (Å²) in [5, 5.41) is 0.378. The van der Waals surface area contributed by atoms with Crippen LogP contribution in [0.3, 0.4) is 0 Å². The minimum Gasteiger partial charge on any atom is -0.454 e. The van der Waals surface area contributed by atoms with Crippen molar-refractivity contribution in [3.05, 3.63) is 101 Å². The summed E-state index contributed by atoms with van der Waals surface area (Å²) in [5.74, 6) is -1.18. The molecule has 0 aliphatic carbocycles. The number of likely N-dealkylation sites (N-methyl/N-ethyl adjacent to an activating group) is 1. The molecule has 0 atom stereocenters. The first-order valence-corrected chi connectivity index (χ1v) is 13.0. The summed E-state index contributed by atoms with van der Waals surface area (Å²) in [6, 6.07) is 19.6. The number of hydrogen-bond donors (Lipinski definition) is 1. The Kier molecular flexibility index (Phi) is 6.93. The minimum absolute atomic E-state index is 0.00939. The Labute approximate surface area is 215 Å². The number of sulfonamides is 1. The lowest BCUT2D eigenvalue weighted by molar-refractivity contribution is -0.117. The van der Waals surface area contributed by atoms with Crippen LogP contribution in [-0.4, -0.2) is 33.8 Å². The summed E-state index contributed by atoms with van der Waals surface area (Å²) in [6.07, 6.45) is 1.49. The number of carbonyl (C=O) groups is 2. The number of carbonyl (C=O) groups excluding carboxylic acids is 2. The molecule has 0 unspecified atom stereocenters. The standard InChI is InChI=1S/C27H25ClN2O5S/c1-27(2)23-12-4-5-13-24(23)30(3)25(27)16-21(31)17-35-26(32)18-8-6-11-22(14-18)36(33,34)29-20-10-7-9-19(28)15-20/h4-16,29H,17H2,1-3H3. The second kappa shape index (κ2) is 9.79.